The molecule has 0 saturated carbocycles. The third kappa shape index (κ3) is 2.04. The number of nitrogens with zero attached hydrogens (tertiary/aromatic N) is 2. The Balaban J connectivity index is 2.31. The second kappa shape index (κ2) is 4.48. The molecule has 94 valence electrons. The lowest BCUT2D eigenvalue weighted by molar-refractivity contribution is 0.101. The minimum atomic E-state index is -0.497. The number of benzene rings is 1. The molecule has 2 aromatic rings. The average Bonchev–Trinajstić information content (AvgIpc) is 2.56. The molecule has 0 spiro atoms. The minimum Gasteiger partial charge on any atom is -0.395 e. The summed E-state index contributed by atoms with van der Waals surface area (Å²) in [5, 5.41) is 6.50. The van der Waals surface area contributed by atoms with Crippen LogP contribution in [0.15, 0.2) is 24.3 Å². The van der Waals surface area contributed by atoms with Crippen LogP contribution < -0.4 is 11.1 Å². The van der Waals surface area contributed by atoms with Crippen LogP contribution >= 0.6 is 0 Å². The Bertz CT molecular complexity index is 606. The van der Waals surface area contributed by atoms with Crippen molar-refractivity contribution in [3.8, 4) is 0 Å². The normalized spacial score (nSPS) is 10.4. The van der Waals surface area contributed by atoms with Crippen LogP contribution in [0.4, 0.5) is 15.8 Å². The first kappa shape index (κ1) is 12.1. The molecule has 0 bridgehead atoms. The van der Waals surface area contributed by atoms with Crippen molar-refractivity contribution in [3.05, 3.63) is 41.5 Å². The Kier molecular flexibility index (Phi) is 3.01. The van der Waals surface area contributed by atoms with E-state index in [1.807, 2.05) is 0 Å². The minimum absolute atomic E-state index is 0.112. The van der Waals surface area contributed by atoms with Crippen molar-refractivity contribution in [1.82, 2.24) is 9.78 Å². The summed E-state index contributed by atoms with van der Waals surface area (Å²) >= 11 is 0. The van der Waals surface area contributed by atoms with Crippen molar-refractivity contribution in [3.63, 3.8) is 0 Å². The molecule has 1 aromatic heterocycles. The summed E-state index contributed by atoms with van der Waals surface area (Å²) in [4.78, 5) is 12.0. The van der Waals surface area contributed by atoms with Crippen LogP contribution in [0.3, 0.4) is 0 Å². The van der Waals surface area contributed by atoms with Gasteiger partial charge >= 0.3 is 0 Å². The molecule has 0 aliphatic heterocycles. The standard InChI is InChI=1S/C12H13FN4O/c1-7-10(14)11(17(2)16-7)12(18)15-9-6-4-3-5-8(9)13/h3-6H,14H2,1-2H3,(H,15,18). The van der Waals surface area contributed by atoms with Crippen LogP contribution in [-0.2, 0) is 7.05 Å². The van der Waals surface area contributed by atoms with Gasteiger partial charge in [-0.15, -0.1) is 0 Å². The Morgan fingerprint density at radius 1 is 1.44 bits per heavy atom. The number of carbonyl (C=O) groups excluding carboxylic acids is 1. The van der Waals surface area contributed by atoms with Gasteiger partial charge in [-0.2, -0.15) is 5.10 Å². The van der Waals surface area contributed by atoms with E-state index in [0.29, 0.717) is 11.4 Å². The van der Waals surface area contributed by atoms with Gasteiger partial charge < -0.3 is 11.1 Å². The first-order chi connectivity index (χ1) is 8.50. The second-order valence-corrected chi connectivity index (χ2v) is 3.91. The SMILES string of the molecule is Cc1nn(C)c(C(=O)Nc2ccccc2F)c1N. The van der Waals surface area contributed by atoms with E-state index in [2.05, 4.69) is 10.4 Å². The zero-order valence-electron chi connectivity index (χ0n) is 10.1. The van der Waals surface area contributed by atoms with Gasteiger partial charge in [0.2, 0.25) is 0 Å². The highest BCUT2D eigenvalue weighted by Crippen LogP contribution is 2.18. The molecular formula is C12H13FN4O. The van der Waals surface area contributed by atoms with Gasteiger partial charge in [0.15, 0.2) is 0 Å². The third-order valence-corrected chi connectivity index (χ3v) is 2.61. The van der Waals surface area contributed by atoms with E-state index < -0.39 is 11.7 Å². The maximum absolute atomic E-state index is 13.4. The Labute approximate surface area is 103 Å². The highest BCUT2D eigenvalue weighted by atomic mass is 19.1. The number of hydrogen-bond donors (Lipinski definition) is 2. The predicted molar refractivity (Wildman–Crippen MR) is 66.7 cm³/mol. The van der Waals surface area contributed by atoms with Crippen molar-refractivity contribution in [2.45, 2.75) is 6.92 Å². The molecule has 0 radical (unpaired) electrons. The van der Waals surface area contributed by atoms with E-state index in [0.717, 1.165) is 0 Å². The number of nitrogens with two attached hydrogens (primary N) is 1. The number of aryl methyl sites for hydroxylation is 2. The monoisotopic (exact) mass is 248 g/mol. The second-order valence-electron chi connectivity index (χ2n) is 3.91. The maximum atomic E-state index is 13.4. The number of hydrogen-bond acceptors (Lipinski definition) is 3. The van der Waals surface area contributed by atoms with Gasteiger partial charge in [-0.05, 0) is 19.1 Å². The van der Waals surface area contributed by atoms with Crippen molar-refractivity contribution in [2.24, 2.45) is 7.05 Å². The first-order valence-corrected chi connectivity index (χ1v) is 5.35. The van der Waals surface area contributed by atoms with Crippen molar-refractivity contribution >= 4 is 17.3 Å². The molecule has 0 unspecified atom stereocenters. The van der Waals surface area contributed by atoms with Crippen molar-refractivity contribution in [2.75, 3.05) is 11.1 Å². The molecule has 6 heteroatoms. The number of aromatic nitrogens is 2. The van der Waals surface area contributed by atoms with E-state index in [4.69, 9.17) is 5.73 Å². The highest BCUT2D eigenvalue weighted by Gasteiger charge is 2.18. The number of halogens is 1. The van der Waals surface area contributed by atoms with E-state index >= 15 is 0 Å². The number of nitrogens with one attached hydrogen (secondary N) is 1. The molecule has 1 aromatic carbocycles. The molecule has 18 heavy (non-hydrogen) atoms. The molecule has 0 aliphatic carbocycles. The quantitative estimate of drug-likeness (QED) is 0.849. The van der Waals surface area contributed by atoms with E-state index in [1.54, 1.807) is 26.1 Å². The Morgan fingerprint density at radius 3 is 2.67 bits per heavy atom. The molecule has 0 saturated heterocycles. The summed E-state index contributed by atoms with van der Waals surface area (Å²) in [6, 6.07) is 5.93. The zero-order chi connectivity index (χ0) is 13.3. The fraction of sp³-hybridized carbons (Fsp3) is 0.167. The van der Waals surface area contributed by atoms with Gasteiger partial charge in [-0.25, -0.2) is 4.39 Å². The first-order valence-electron chi connectivity index (χ1n) is 5.35. The lowest BCUT2D eigenvalue weighted by Crippen LogP contribution is -2.18. The number of anilines is 2. The topological polar surface area (TPSA) is 72.9 Å². The van der Waals surface area contributed by atoms with Gasteiger partial charge in [-0.1, -0.05) is 12.1 Å². The summed E-state index contributed by atoms with van der Waals surface area (Å²) in [5.41, 5.74) is 6.95. The highest BCUT2D eigenvalue weighted by molar-refractivity contribution is 6.06. The number of carbonyl (C=O) groups is 1. The number of para-hydroxylation sites is 1. The molecule has 1 heterocycles. The van der Waals surface area contributed by atoms with Crippen LogP contribution in [0.25, 0.3) is 0 Å². The van der Waals surface area contributed by atoms with Crippen LogP contribution in [0, 0.1) is 12.7 Å². The van der Waals surface area contributed by atoms with Gasteiger partial charge in [0.05, 0.1) is 17.1 Å². The largest absolute Gasteiger partial charge is 0.395 e. The van der Waals surface area contributed by atoms with E-state index in [9.17, 15) is 9.18 Å². The lowest BCUT2D eigenvalue weighted by Gasteiger charge is -2.06. The third-order valence-electron chi connectivity index (χ3n) is 2.61. The fourth-order valence-electron chi connectivity index (χ4n) is 1.69. The molecule has 0 fully saturated rings. The average molecular weight is 248 g/mol. The maximum Gasteiger partial charge on any atom is 0.276 e. The summed E-state index contributed by atoms with van der Waals surface area (Å²) in [7, 11) is 1.61. The summed E-state index contributed by atoms with van der Waals surface area (Å²) < 4.78 is 14.8. The van der Waals surface area contributed by atoms with Crippen molar-refractivity contribution < 1.29 is 9.18 Å². The molecule has 2 rings (SSSR count). The molecular weight excluding hydrogens is 235 g/mol. The summed E-state index contributed by atoms with van der Waals surface area (Å²) in [5.74, 6) is -0.982. The Hall–Kier alpha value is -2.37. The van der Waals surface area contributed by atoms with Crippen LogP contribution in [-0.4, -0.2) is 15.7 Å². The van der Waals surface area contributed by atoms with Gasteiger partial charge in [0.25, 0.3) is 5.91 Å². The molecule has 1 amide bonds. The lowest BCUT2D eigenvalue weighted by atomic mass is 10.2. The van der Waals surface area contributed by atoms with Crippen LogP contribution in [0.2, 0.25) is 0 Å². The Morgan fingerprint density at radius 2 is 2.11 bits per heavy atom. The van der Waals surface area contributed by atoms with Crippen LogP contribution in [0.1, 0.15) is 16.2 Å². The van der Waals surface area contributed by atoms with Crippen molar-refractivity contribution in [1.29, 1.82) is 0 Å². The zero-order valence-corrected chi connectivity index (χ0v) is 10.1. The molecule has 3 N–H and O–H groups in total. The van der Waals surface area contributed by atoms with E-state index in [-0.39, 0.29) is 11.4 Å². The predicted octanol–water partition coefficient (Wildman–Crippen LogP) is 1.70. The molecule has 0 aliphatic rings. The van der Waals surface area contributed by atoms with E-state index in [1.165, 1.54) is 16.8 Å². The van der Waals surface area contributed by atoms with Gasteiger partial charge in [-0.3, -0.25) is 9.48 Å². The molecule has 0 atom stereocenters. The van der Waals surface area contributed by atoms with Gasteiger partial charge in [0, 0.05) is 7.05 Å². The summed E-state index contributed by atoms with van der Waals surface area (Å²) in [6.07, 6.45) is 0. The molecule has 5 nitrogen and oxygen atoms in total. The number of rotatable bonds is 2. The van der Waals surface area contributed by atoms with Crippen LogP contribution in [0.5, 0.6) is 0 Å². The summed E-state index contributed by atoms with van der Waals surface area (Å²) in [6.45, 7) is 1.70. The van der Waals surface area contributed by atoms with Gasteiger partial charge in [0.1, 0.15) is 11.5 Å². The number of amides is 1. The fourth-order valence-corrected chi connectivity index (χ4v) is 1.69. The smallest absolute Gasteiger partial charge is 0.276 e. The number of nitrogen functional groups attached to an aromatic ring is 1.